The Morgan fingerprint density at radius 1 is 1.14 bits per heavy atom. The Labute approximate surface area is 179 Å². The molecule has 2 aliphatic rings. The van der Waals surface area contributed by atoms with E-state index in [2.05, 4.69) is 60.1 Å². The number of ether oxygens (including phenoxy) is 1. The van der Waals surface area contributed by atoms with Gasteiger partial charge < -0.3 is 20.1 Å². The molecule has 3 heterocycles. The van der Waals surface area contributed by atoms with Crippen LogP contribution in [0.25, 0.3) is 0 Å². The van der Waals surface area contributed by atoms with Crippen LogP contribution in [0.1, 0.15) is 35.6 Å². The van der Waals surface area contributed by atoms with Gasteiger partial charge in [0.2, 0.25) is 5.95 Å². The number of thiol groups is 1. The molecule has 0 radical (unpaired) electrons. The summed E-state index contributed by atoms with van der Waals surface area (Å²) in [5.74, 6) is 3.18. The van der Waals surface area contributed by atoms with Crippen LogP contribution in [-0.2, 0) is 11.2 Å². The lowest BCUT2D eigenvalue weighted by Crippen LogP contribution is -2.46. The van der Waals surface area contributed by atoms with Crippen LogP contribution in [0.4, 0.5) is 11.8 Å². The van der Waals surface area contributed by atoms with Gasteiger partial charge in [-0.25, -0.2) is 4.98 Å². The van der Waals surface area contributed by atoms with Crippen molar-refractivity contribution in [2.24, 2.45) is 0 Å². The molecule has 0 bridgehead atoms. The SMILES string of the molecule is CO.Cc1c(CCS)nc(N2CC(c3ccccc3)C2)nc1NC1CCOCC1. The van der Waals surface area contributed by atoms with Crippen molar-refractivity contribution >= 4 is 24.4 Å². The maximum absolute atomic E-state index is 7.00. The first-order chi connectivity index (χ1) is 14.2. The monoisotopic (exact) mass is 416 g/mol. The number of nitrogens with zero attached hydrogens (tertiary/aromatic N) is 3. The number of rotatable bonds is 6. The van der Waals surface area contributed by atoms with Gasteiger partial charge in [-0.15, -0.1) is 0 Å². The van der Waals surface area contributed by atoms with Gasteiger partial charge >= 0.3 is 0 Å². The summed E-state index contributed by atoms with van der Waals surface area (Å²) in [6.45, 7) is 5.72. The van der Waals surface area contributed by atoms with E-state index >= 15 is 0 Å². The van der Waals surface area contributed by atoms with Crippen molar-refractivity contribution in [2.75, 3.05) is 49.4 Å². The molecule has 0 aliphatic carbocycles. The number of aromatic nitrogens is 2. The molecule has 0 saturated carbocycles. The molecular formula is C22H32N4O2S. The summed E-state index contributed by atoms with van der Waals surface area (Å²) in [6, 6.07) is 11.1. The Morgan fingerprint density at radius 3 is 2.48 bits per heavy atom. The third-order valence-corrected chi connectivity index (χ3v) is 5.80. The van der Waals surface area contributed by atoms with E-state index < -0.39 is 0 Å². The van der Waals surface area contributed by atoms with Gasteiger partial charge in [0.05, 0.1) is 5.69 Å². The van der Waals surface area contributed by atoms with Gasteiger partial charge in [0, 0.05) is 50.9 Å². The summed E-state index contributed by atoms with van der Waals surface area (Å²) >= 11 is 4.42. The molecule has 2 fully saturated rings. The fourth-order valence-electron chi connectivity index (χ4n) is 3.79. The molecule has 0 atom stereocenters. The van der Waals surface area contributed by atoms with E-state index in [4.69, 9.17) is 19.8 Å². The molecule has 0 unspecified atom stereocenters. The van der Waals surface area contributed by atoms with Gasteiger partial charge in [0.15, 0.2) is 0 Å². The Bertz CT molecular complexity index is 763. The van der Waals surface area contributed by atoms with E-state index in [1.807, 2.05) is 0 Å². The van der Waals surface area contributed by atoms with Crippen LogP contribution in [0, 0.1) is 6.92 Å². The minimum atomic E-state index is 0.428. The van der Waals surface area contributed by atoms with E-state index in [-0.39, 0.29) is 0 Å². The second-order valence-corrected chi connectivity index (χ2v) is 7.91. The molecule has 29 heavy (non-hydrogen) atoms. The molecule has 158 valence electrons. The number of benzene rings is 1. The molecule has 0 amide bonds. The molecule has 7 heteroatoms. The summed E-state index contributed by atoms with van der Waals surface area (Å²) in [5.41, 5.74) is 3.66. The molecule has 2 saturated heterocycles. The van der Waals surface area contributed by atoms with Crippen LogP contribution in [0.15, 0.2) is 30.3 Å². The smallest absolute Gasteiger partial charge is 0.227 e. The summed E-state index contributed by atoms with van der Waals surface area (Å²) in [6.07, 6.45) is 2.92. The van der Waals surface area contributed by atoms with E-state index in [1.165, 1.54) is 5.56 Å². The Morgan fingerprint density at radius 2 is 1.83 bits per heavy atom. The van der Waals surface area contributed by atoms with E-state index in [0.29, 0.717) is 12.0 Å². The number of aryl methyl sites for hydroxylation is 1. The van der Waals surface area contributed by atoms with Crippen molar-refractivity contribution < 1.29 is 9.84 Å². The normalized spacial score (nSPS) is 17.3. The van der Waals surface area contributed by atoms with Gasteiger partial charge in [-0.3, -0.25) is 0 Å². The molecule has 1 aromatic heterocycles. The summed E-state index contributed by atoms with van der Waals surface area (Å²) in [5, 5.41) is 10.7. The average Bonchev–Trinajstić information content (AvgIpc) is 2.73. The number of hydrogen-bond donors (Lipinski definition) is 3. The van der Waals surface area contributed by atoms with E-state index in [9.17, 15) is 0 Å². The highest BCUT2D eigenvalue weighted by Crippen LogP contribution is 2.31. The van der Waals surface area contributed by atoms with E-state index in [0.717, 1.165) is 81.5 Å². The summed E-state index contributed by atoms with van der Waals surface area (Å²) in [4.78, 5) is 12.1. The number of hydrogen-bond acceptors (Lipinski definition) is 7. The first-order valence-corrected chi connectivity index (χ1v) is 10.9. The van der Waals surface area contributed by atoms with Gasteiger partial charge in [-0.2, -0.15) is 17.6 Å². The standard InChI is InChI=1S/C21H28N4OS.CH4O/c1-15-19(9-12-27)23-21(24-20(15)22-18-7-10-26-11-8-18)25-13-17(14-25)16-5-3-2-4-6-16;1-2/h2-6,17-18,27H,7-14H2,1H3,(H,22,23,24);2H,1H3. The molecule has 0 spiro atoms. The number of aliphatic hydroxyl groups excluding tert-OH is 1. The minimum Gasteiger partial charge on any atom is -0.400 e. The lowest BCUT2D eigenvalue weighted by atomic mass is 9.92. The largest absolute Gasteiger partial charge is 0.400 e. The second kappa shape index (κ2) is 10.8. The highest BCUT2D eigenvalue weighted by molar-refractivity contribution is 7.80. The van der Waals surface area contributed by atoms with Crippen molar-refractivity contribution in [1.82, 2.24) is 9.97 Å². The first kappa shape index (κ1) is 21.9. The second-order valence-electron chi connectivity index (χ2n) is 7.46. The predicted molar refractivity (Wildman–Crippen MR) is 121 cm³/mol. The van der Waals surface area contributed by atoms with Crippen LogP contribution in [0.3, 0.4) is 0 Å². The van der Waals surface area contributed by atoms with Gasteiger partial charge in [-0.05, 0) is 37.5 Å². The van der Waals surface area contributed by atoms with Crippen molar-refractivity contribution in [3.8, 4) is 0 Å². The number of nitrogens with one attached hydrogen (secondary N) is 1. The molecule has 2 aromatic rings. The average molecular weight is 417 g/mol. The maximum Gasteiger partial charge on any atom is 0.227 e. The predicted octanol–water partition coefficient (Wildman–Crippen LogP) is 3.06. The van der Waals surface area contributed by atoms with Crippen LogP contribution < -0.4 is 10.2 Å². The molecule has 1 aromatic carbocycles. The first-order valence-electron chi connectivity index (χ1n) is 10.3. The minimum absolute atomic E-state index is 0.428. The van der Waals surface area contributed by atoms with Crippen LogP contribution in [-0.4, -0.2) is 60.3 Å². The third-order valence-electron chi connectivity index (χ3n) is 5.58. The highest BCUT2D eigenvalue weighted by atomic mass is 32.1. The van der Waals surface area contributed by atoms with Gasteiger partial charge in [-0.1, -0.05) is 30.3 Å². The fraction of sp³-hybridized carbons (Fsp3) is 0.545. The zero-order valence-corrected chi connectivity index (χ0v) is 18.2. The lowest BCUT2D eigenvalue weighted by molar-refractivity contribution is 0.0903. The van der Waals surface area contributed by atoms with Crippen molar-refractivity contribution in [1.29, 1.82) is 0 Å². The van der Waals surface area contributed by atoms with Gasteiger partial charge in [0.1, 0.15) is 5.82 Å². The quantitative estimate of drug-likeness (QED) is 0.629. The molecule has 2 aliphatic heterocycles. The van der Waals surface area contributed by atoms with E-state index in [1.54, 1.807) is 0 Å². The fourth-order valence-corrected chi connectivity index (χ4v) is 4.01. The molecule has 6 nitrogen and oxygen atoms in total. The number of anilines is 2. The molecule has 4 rings (SSSR count). The summed E-state index contributed by atoms with van der Waals surface area (Å²) < 4.78 is 5.48. The van der Waals surface area contributed by atoms with Crippen molar-refractivity contribution in [3.63, 3.8) is 0 Å². The summed E-state index contributed by atoms with van der Waals surface area (Å²) in [7, 11) is 1.00. The number of aliphatic hydroxyl groups is 1. The topological polar surface area (TPSA) is 70.5 Å². The zero-order valence-electron chi connectivity index (χ0n) is 17.3. The van der Waals surface area contributed by atoms with Crippen LogP contribution in [0.2, 0.25) is 0 Å². The van der Waals surface area contributed by atoms with Crippen LogP contribution >= 0.6 is 12.6 Å². The van der Waals surface area contributed by atoms with Crippen LogP contribution in [0.5, 0.6) is 0 Å². The highest BCUT2D eigenvalue weighted by Gasteiger charge is 2.31. The molecule has 2 N–H and O–H groups in total. The molecular weight excluding hydrogens is 384 g/mol. The van der Waals surface area contributed by atoms with Crippen molar-refractivity contribution in [2.45, 2.75) is 38.1 Å². The lowest BCUT2D eigenvalue weighted by Gasteiger charge is -2.40. The zero-order chi connectivity index (χ0) is 20.6. The van der Waals surface area contributed by atoms with Crippen molar-refractivity contribution in [3.05, 3.63) is 47.2 Å². The maximum atomic E-state index is 7.00. The van der Waals surface area contributed by atoms with Gasteiger partial charge in [0.25, 0.3) is 0 Å². The third kappa shape index (κ3) is 5.41. The Balaban J connectivity index is 0.00000117. The Hall–Kier alpha value is -1.83. The Kier molecular flexibility index (Phi) is 8.15.